The van der Waals surface area contributed by atoms with E-state index in [-0.39, 0.29) is 42.3 Å². The fraction of sp³-hybridized carbons (Fsp3) is 0.600. The highest BCUT2D eigenvalue weighted by atomic mass is 35.5. The molecule has 7 heteroatoms. The van der Waals surface area contributed by atoms with E-state index in [0.29, 0.717) is 23.0 Å². The molecule has 0 bridgehead atoms. The third-order valence-electron chi connectivity index (χ3n) is 5.79. The number of amides is 2. The SMILES string of the molecule is CNC(C)CNC(=O)C1CC2CCCCC2N1C(=O)c1ccc(Cl)cc1.Cl. The van der Waals surface area contributed by atoms with Crippen molar-refractivity contribution in [3.05, 3.63) is 34.9 Å². The molecule has 5 nitrogen and oxygen atoms in total. The van der Waals surface area contributed by atoms with Crippen molar-refractivity contribution in [3.8, 4) is 0 Å². The summed E-state index contributed by atoms with van der Waals surface area (Å²) in [5.74, 6) is 0.333. The second kappa shape index (κ2) is 9.76. The first-order valence-corrected chi connectivity index (χ1v) is 9.92. The number of hydrogen-bond donors (Lipinski definition) is 2. The van der Waals surface area contributed by atoms with Gasteiger partial charge in [-0.2, -0.15) is 0 Å². The Labute approximate surface area is 172 Å². The maximum absolute atomic E-state index is 13.2. The van der Waals surface area contributed by atoms with Crippen molar-refractivity contribution in [2.75, 3.05) is 13.6 Å². The highest BCUT2D eigenvalue weighted by Crippen LogP contribution is 2.40. The van der Waals surface area contributed by atoms with E-state index in [1.54, 1.807) is 24.3 Å². The summed E-state index contributed by atoms with van der Waals surface area (Å²) in [6.07, 6.45) is 5.17. The molecule has 1 aromatic carbocycles. The molecule has 1 aliphatic heterocycles. The lowest BCUT2D eigenvalue weighted by molar-refractivity contribution is -0.125. The van der Waals surface area contributed by atoms with E-state index in [2.05, 4.69) is 10.6 Å². The Hall–Kier alpha value is -1.30. The average molecular weight is 414 g/mol. The largest absolute Gasteiger partial charge is 0.353 e. The number of nitrogens with zero attached hydrogens (tertiary/aromatic N) is 1. The number of rotatable bonds is 5. The number of likely N-dealkylation sites (tertiary alicyclic amines) is 1. The molecule has 4 unspecified atom stereocenters. The van der Waals surface area contributed by atoms with Crippen LogP contribution in [0.2, 0.25) is 5.02 Å². The zero-order chi connectivity index (χ0) is 18.7. The Balaban J connectivity index is 0.00000261. The molecule has 1 saturated carbocycles. The van der Waals surface area contributed by atoms with Gasteiger partial charge in [-0.05, 0) is 63.4 Å². The maximum atomic E-state index is 13.2. The predicted molar refractivity (Wildman–Crippen MR) is 111 cm³/mol. The molecular formula is C20H29Cl2N3O2. The summed E-state index contributed by atoms with van der Waals surface area (Å²) in [7, 11) is 1.87. The first-order chi connectivity index (χ1) is 12.5. The molecule has 150 valence electrons. The van der Waals surface area contributed by atoms with E-state index in [1.165, 1.54) is 6.42 Å². The molecule has 1 aliphatic carbocycles. The van der Waals surface area contributed by atoms with E-state index >= 15 is 0 Å². The highest BCUT2D eigenvalue weighted by molar-refractivity contribution is 6.30. The van der Waals surface area contributed by atoms with E-state index in [9.17, 15) is 9.59 Å². The van der Waals surface area contributed by atoms with Gasteiger partial charge in [0.2, 0.25) is 5.91 Å². The standard InChI is InChI=1S/C20H28ClN3O2.ClH/c1-13(22-2)12-23-19(25)18-11-15-5-3-4-6-17(15)24(18)20(26)14-7-9-16(21)10-8-14;/h7-10,13,15,17-18,22H,3-6,11-12H2,1-2H3,(H,23,25);1H. The van der Waals surface area contributed by atoms with Crippen LogP contribution >= 0.6 is 24.0 Å². The second-order valence-corrected chi connectivity index (χ2v) is 7.95. The molecule has 2 N–H and O–H groups in total. The van der Waals surface area contributed by atoms with Crippen molar-refractivity contribution in [1.29, 1.82) is 0 Å². The van der Waals surface area contributed by atoms with Crippen LogP contribution in [0.3, 0.4) is 0 Å². The molecule has 4 atom stereocenters. The van der Waals surface area contributed by atoms with Crippen LogP contribution in [-0.2, 0) is 4.79 Å². The van der Waals surface area contributed by atoms with Crippen molar-refractivity contribution in [2.24, 2.45) is 5.92 Å². The van der Waals surface area contributed by atoms with Gasteiger partial charge in [-0.25, -0.2) is 0 Å². The maximum Gasteiger partial charge on any atom is 0.254 e. The van der Waals surface area contributed by atoms with Crippen molar-refractivity contribution in [1.82, 2.24) is 15.5 Å². The normalized spacial score (nSPS) is 25.3. The van der Waals surface area contributed by atoms with Crippen molar-refractivity contribution in [3.63, 3.8) is 0 Å². The topological polar surface area (TPSA) is 61.4 Å². The minimum absolute atomic E-state index is 0. The van der Waals surface area contributed by atoms with Gasteiger partial charge in [0.05, 0.1) is 0 Å². The molecule has 1 aromatic rings. The van der Waals surface area contributed by atoms with E-state index in [4.69, 9.17) is 11.6 Å². The van der Waals surface area contributed by atoms with Gasteiger partial charge in [-0.1, -0.05) is 24.4 Å². The van der Waals surface area contributed by atoms with E-state index in [0.717, 1.165) is 25.7 Å². The monoisotopic (exact) mass is 413 g/mol. The first kappa shape index (κ1) is 22.0. The number of likely N-dealkylation sites (N-methyl/N-ethyl adjacent to an activating group) is 1. The van der Waals surface area contributed by atoms with E-state index in [1.807, 2.05) is 18.9 Å². The van der Waals surface area contributed by atoms with Crippen LogP contribution in [0.25, 0.3) is 0 Å². The number of benzene rings is 1. The smallest absolute Gasteiger partial charge is 0.254 e. The molecule has 0 aromatic heterocycles. The number of halogens is 2. The van der Waals surface area contributed by atoms with Gasteiger partial charge in [0.1, 0.15) is 6.04 Å². The Morgan fingerprint density at radius 1 is 1.22 bits per heavy atom. The molecule has 0 radical (unpaired) electrons. The van der Waals surface area contributed by atoms with Crippen LogP contribution < -0.4 is 10.6 Å². The Morgan fingerprint density at radius 3 is 2.56 bits per heavy atom. The molecule has 2 aliphatic rings. The van der Waals surface area contributed by atoms with Gasteiger partial charge in [0, 0.05) is 29.2 Å². The van der Waals surface area contributed by atoms with Crippen LogP contribution in [0, 0.1) is 5.92 Å². The number of carbonyl (C=O) groups excluding carboxylic acids is 2. The number of hydrogen-bond acceptors (Lipinski definition) is 3. The Morgan fingerprint density at radius 2 is 1.89 bits per heavy atom. The molecular weight excluding hydrogens is 385 g/mol. The molecule has 0 spiro atoms. The lowest BCUT2D eigenvalue weighted by Crippen LogP contribution is -2.51. The van der Waals surface area contributed by atoms with Gasteiger partial charge in [-0.3, -0.25) is 9.59 Å². The predicted octanol–water partition coefficient (Wildman–Crippen LogP) is 3.26. The first-order valence-electron chi connectivity index (χ1n) is 9.54. The van der Waals surface area contributed by atoms with Crippen LogP contribution in [0.1, 0.15) is 49.4 Å². The number of nitrogens with one attached hydrogen (secondary N) is 2. The summed E-state index contributed by atoms with van der Waals surface area (Å²) < 4.78 is 0. The van der Waals surface area contributed by atoms with Gasteiger partial charge in [0.25, 0.3) is 5.91 Å². The fourth-order valence-electron chi connectivity index (χ4n) is 4.20. The summed E-state index contributed by atoms with van der Waals surface area (Å²) in [5, 5.41) is 6.74. The van der Waals surface area contributed by atoms with E-state index < -0.39 is 0 Å². The van der Waals surface area contributed by atoms with Crippen LogP contribution in [0.5, 0.6) is 0 Å². The van der Waals surface area contributed by atoms with Crippen LogP contribution in [-0.4, -0.2) is 48.4 Å². The van der Waals surface area contributed by atoms with Crippen molar-refractivity contribution < 1.29 is 9.59 Å². The third-order valence-corrected chi connectivity index (χ3v) is 6.04. The Kier molecular flexibility index (Phi) is 7.95. The van der Waals surface area contributed by atoms with Gasteiger partial charge >= 0.3 is 0 Å². The molecule has 2 fully saturated rings. The van der Waals surface area contributed by atoms with Crippen LogP contribution in [0.4, 0.5) is 0 Å². The Bertz CT molecular complexity index is 653. The van der Waals surface area contributed by atoms with Crippen molar-refractivity contribution in [2.45, 2.75) is 57.2 Å². The van der Waals surface area contributed by atoms with Crippen molar-refractivity contribution >= 4 is 35.8 Å². The highest BCUT2D eigenvalue weighted by Gasteiger charge is 2.47. The number of fused-ring (bicyclic) bond motifs is 1. The quantitative estimate of drug-likeness (QED) is 0.778. The minimum atomic E-state index is -0.379. The zero-order valence-electron chi connectivity index (χ0n) is 15.9. The minimum Gasteiger partial charge on any atom is -0.353 e. The summed E-state index contributed by atoms with van der Waals surface area (Å²) in [6, 6.07) is 6.94. The molecule has 1 heterocycles. The molecule has 3 rings (SSSR count). The lowest BCUT2D eigenvalue weighted by Gasteiger charge is -2.33. The molecule has 1 saturated heterocycles. The summed E-state index contributed by atoms with van der Waals surface area (Å²) >= 11 is 5.96. The number of carbonyl (C=O) groups is 2. The lowest BCUT2D eigenvalue weighted by atomic mass is 9.84. The summed E-state index contributed by atoms with van der Waals surface area (Å²) in [5.41, 5.74) is 0.599. The van der Waals surface area contributed by atoms with Gasteiger partial charge in [-0.15, -0.1) is 12.4 Å². The second-order valence-electron chi connectivity index (χ2n) is 7.52. The molecule has 2 amide bonds. The molecule has 27 heavy (non-hydrogen) atoms. The average Bonchev–Trinajstić information content (AvgIpc) is 3.05. The van der Waals surface area contributed by atoms with Gasteiger partial charge < -0.3 is 15.5 Å². The van der Waals surface area contributed by atoms with Crippen LogP contribution in [0.15, 0.2) is 24.3 Å². The zero-order valence-corrected chi connectivity index (χ0v) is 17.5. The third kappa shape index (κ3) is 4.95. The van der Waals surface area contributed by atoms with Gasteiger partial charge in [0.15, 0.2) is 0 Å². The summed E-state index contributed by atoms with van der Waals surface area (Å²) in [4.78, 5) is 27.9. The summed E-state index contributed by atoms with van der Waals surface area (Å²) in [6.45, 7) is 2.58. The fourth-order valence-corrected chi connectivity index (χ4v) is 4.33.